The monoisotopic (exact) mass is 414 g/mol. The number of anilines is 1. The van der Waals surface area contributed by atoms with Crippen molar-refractivity contribution in [1.82, 2.24) is 4.58 Å². The van der Waals surface area contributed by atoms with E-state index in [4.69, 9.17) is 4.42 Å². The van der Waals surface area contributed by atoms with E-state index >= 15 is 0 Å². The molecule has 0 bridgehead atoms. The Hall–Kier alpha value is -3.93. The van der Waals surface area contributed by atoms with Crippen molar-refractivity contribution in [3.63, 3.8) is 0 Å². The van der Waals surface area contributed by atoms with Crippen molar-refractivity contribution in [3.8, 4) is 22.5 Å². The Kier molecular flexibility index (Phi) is 5.07. The van der Waals surface area contributed by atoms with Gasteiger partial charge < -0.3 is 19.2 Å². The summed E-state index contributed by atoms with van der Waals surface area (Å²) in [4.78, 5) is 25.2. The fraction of sp³-hybridized carbons (Fsp3) is 0.160. The SMILES string of the molecule is CN(C)c1ccc2c(-c3ccc(C=O)cc3C(=O)[O-])c3ccc(=[N+](C)C)cc-3oc2c1. The molecule has 1 heterocycles. The number of carbonyl (C=O) groups excluding carboxylic acids is 2. The first-order valence-corrected chi connectivity index (χ1v) is 9.79. The third-order valence-corrected chi connectivity index (χ3v) is 5.39. The number of nitrogens with zero attached hydrogens (tertiary/aromatic N) is 2. The van der Waals surface area contributed by atoms with Crippen LogP contribution in [0.25, 0.3) is 33.4 Å². The third-order valence-electron chi connectivity index (χ3n) is 5.39. The molecular formula is C25H22N2O4. The van der Waals surface area contributed by atoms with Gasteiger partial charge in [0.25, 0.3) is 0 Å². The van der Waals surface area contributed by atoms with Crippen LogP contribution in [0.1, 0.15) is 20.7 Å². The second-order valence-electron chi connectivity index (χ2n) is 7.84. The highest BCUT2D eigenvalue weighted by Crippen LogP contribution is 2.41. The zero-order chi connectivity index (χ0) is 22.3. The minimum Gasteiger partial charge on any atom is -0.545 e. The van der Waals surface area contributed by atoms with Gasteiger partial charge in [0.05, 0.1) is 12.0 Å². The predicted molar refractivity (Wildman–Crippen MR) is 119 cm³/mol. The zero-order valence-corrected chi connectivity index (χ0v) is 17.8. The molecule has 0 amide bonds. The molecule has 0 fully saturated rings. The van der Waals surface area contributed by atoms with E-state index in [1.165, 1.54) is 6.07 Å². The largest absolute Gasteiger partial charge is 0.545 e. The van der Waals surface area contributed by atoms with Crippen LogP contribution in [0.15, 0.2) is 59.0 Å². The Morgan fingerprint density at radius 1 is 1.00 bits per heavy atom. The smallest absolute Gasteiger partial charge is 0.203 e. The van der Waals surface area contributed by atoms with Crippen molar-refractivity contribution in [3.05, 3.63) is 71.1 Å². The summed E-state index contributed by atoms with van der Waals surface area (Å²) in [6.45, 7) is 0. The van der Waals surface area contributed by atoms with Gasteiger partial charge in [0.2, 0.25) is 5.36 Å². The maximum atomic E-state index is 12.0. The molecule has 2 aromatic rings. The van der Waals surface area contributed by atoms with Crippen LogP contribution in [-0.2, 0) is 0 Å². The Morgan fingerprint density at radius 3 is 2.39 bits per heavy atom. The molecular weight excluding hydrogens is 392 g/mol. The van der Waals surface area contributed by atoms with Crippen molar-refractivity contribution in [2.45, 2.75) is 0 Å². The van der Waals surface area contributed by atoms with Gasteiger partial charge in [0.1, 0.15) is 31.7 Å². The van der Waals surface area contributed by atoms with E-state index in [-0.39, 0.29) is 11.1 Å². The van der Waals surface area contributed by atoms with E-state index in [0.717, 1.165) is 27.6 Å². The van der Waals surface area contributed by atoms with E-state index in [2.05, 4.69) is 0 Å². The Bertz CT molecular complexity index is 1380. The van der Waals surface area contributed by atoms with Crippen LogP contribution >= 0.6 is 0 Å². The summed E-state index contributed by atoms with van der Waals surface area (Å²) in [6, 6.07) is 16.2. The normalized spacial score (nSPS) is 11.0. The fourth-order valence-corrected chi connectivity index (χ4v) is 3.74. The number of hydrogen-bond acceptors (Lipinski definition) is 5. The standard InChI is InChI=1S/C25H22N2O4/c1-26(2)16-6-9-19-22(12-16)31-23-13-17(27(3)4)7-10-20(23)24(19)18-8-5-15(14-28)11-21(18)25(29)30/h5-14H,1-4H3. The van der Waals surface area contributed by atoms with Crippen LogP contribution in [0, 0.1) is 0 Å². The maximum Gasteiger partial charge on any atom is 0.203 e. The number of carboxylic acids is 1. The molecule has 156 valence electrons. The lowest BCUT2D eigenvalue weighted by Gasteiger charge is -2.20. The number of hydrogen-bond donors (Lipinski definition) is 0. The zero-order valence-electron chi connectivity index (χ0n) is 17.8. The molecule has 2 aromatic carbocycles. The van der Waals surface area contributed by atoms with Crippen LogP contribution in [0.2, 0.25) is 0 Å². The molecule has 0 atom stereocenters. The number of aromatic carboxylic acids is 1. The van der Waals surface area contributed by atoms with Crippen molar-refractivity contribution in [1.29, 1.82) is 0 Å². The first kappa shape index (κ1) is 20.3. The van der Waals surface area contributed by atoms with Gasteiger partial charge in [-0.2, -0.15) is 0 Å². The molecule has 0 aromatic heterocycles. The summed E-state index contributed by atoms with van der Waals surface area (Å²) in [5.74, 6) is -0.705. The third kappa shape index (κ3) is 3.57. The second-order valence-corrected chi connectivity index (χ2v) is 7.84. The van der Waals surface area contributed by atoms with Crippen LogP contribution < -0.4 is 19.9 Å². The van der Waals surface area contributed by atoms with E-state index in [1.807, 2.05) is 74.1 Å². The number of carboxylic acid groups (broad SMARTS) is 1. The summed E-state index contributed by atoms with van der Waals surface area (Å²) >= 11 is 0. The lowest BCUT2D eigenvalue weighted by Crippen LogP contribution is -2.23. The molecule has 0 N–H and O–H groups in total. The molecule has 0 saturated heterocycles. The lowest BCUT2D eigenvalue weighted by molar-refractivity contribution is -0.254. The van der Waals surface area contributed by atoms with Gasteiger partial charge >= 0.3 is 0 Å². The number of rotatable bonds is 4. The quantitative estimate of drug-likeness (QED) is 0.291. The van der Waals surface area contributed by atoms with Gasteiger partial charge in [-0.25, -0.2) is 4.58 Å². The molecule has 2 aliphatic rings. The first-order valence-electron chi connectivity index (χ1n) is 9.79. The molecule has 1 aliphatic heterocycles. The summed E-state index contributed by atoms with van der Waals surface area (Å²) in [5.41, 5.74) is 3.82. The van der Waals surface area contributed by atoms with Crippen LogP contribution in [0.5, 0.6) is 0 Å². The maximum absolute atomic E-state index is 12.0. The number of benzene rings is 3. The minimum absolute atomic E-state index is 0.0354. The molecule has 0 unspecified atom stereocenters. The van der Waals surface area contributed by atoms with Crippen LogP contribution in [0.4, 0.5) is 5.69 Å². The first-order chi connectivity index (χ1) is 14.8. The molecule has 6 heteroatoms. The molecule has 1 aliphatic carbocycles. The second kappa shape index (κ2) is 7.72. The van der Waals surface area contributed by atoms with Gasteiger partial charge in [-0.05, 0) is 29.8 Å². The number of fused-ring (bicyclic) bond motifs is 2. The lowest BCUT2D eigenvalue weighted by atomic mass is 9.90. The van der Waals surface area contributed by atoms with Gasteiger partial charge in [-0.1, -0.05) is 12.1 Å². The Morgan fingerprint density at radius 2 is 1.74 bits per heavy atom. The average Bonchev–Trinajstić information content (AvgIpc) is 2.76. The molecule has 31 heavy (non-hydrogen) atoms. The minimum atomic E-state index is -1.34. The van der Waals surface area contributed by atoms with Crippen molar-refractivity contribution in [2.75, 3.05) is 33.1 Å². The van der Waals surface area contributed by atoms with E-state index in [9.17, 15) is 14.7 Å². The molecule has 0 spiro atoms. The van der Waals surface area contributed by atoms with E-state index in [1.54, 1.807) is 12.1 Å². The highest BCUT2D eigenvalue weighted by Gasteiger charge is 2.21. The van der Waals surface area contributed by atoms with E-state index < -0.39 is 5.97 Å². The fourth-order valence-electron chi connectivity index (χ4n) is 3.74. The van der Waals surface area contributed by atoms with Crippen molar-refractivity contribution < 1.29 is 19.1 Å². The van der Waals surface area contributed by atoms with Gasteiger partial charge in [0, 0.05) is 59.6 Å². The number of aldehydes is 1. The predicted octanol–water partition coefficient (Wildman–Crippen LogP) is 2.48. The number of carbonyl (C=O) groups is 2. The van der Waals surface area contributed by atoms with Gasteiger partial charge in [-0.3, -0.25) is 4.79 Å². The molecule has 6 nitrogen and oxygen atoms in total. The summed E-state index contributed by atoms with van der Waals surface area (Å²) in [6.07, 6.45) is 0.624. The Balaban J connectivity index is 2.18. The van der Waals surface area contributed by atoms with Crippen LogP contribution in [0.3, 0.4) is 0 Å². The highest BCUT2D eigenvalue weighted by molar-refractivity contribution is 6.08. The molecule has 0 radical (unpaired) electrons. The van der Waals surface area contributed by atoms with E-state index in [0.29, 0.717) is 23.2 Å². The average molecular weight is 414 g/mol. The van der Waals surface area contributed by atoms with Crippen molar-refractivity contribution in [2.24, 2.45) is 0 Å². The topological polar surface area (TPSA) is 76.6 Å². The summed E-state index contributed by atoms with van der Waals surface area (Å²) in [5, 5.41) is 13.7. The molecule has 4 rings (SSSR count). The van der Waals surface area contributed by atoms with Crippen LogP contribution in [-0.4, -0.2) is 40.4 Å². The summed E-state index contributed by atoms with van der Waals surface area (Å²) < 4.78 is 8.24. The van der Waals surface area contributed by atoms with Gasteiger partial charge in [0.15, 0.2) is 0 Å². The van der Waals surface area contributed by atoms with Crippen molar-refractivity contribution >= 4 is 28.9 Å². The highest BCUT2D eigenvalue weighted by atomic mass is 16.4. The Labute approximate surface area is 179 Å². The van der Waals surface area contributed by atoms with Gasteiger partial charge in [-0.15, -0.1) is 0 Å². The molecule has 0 saturated carbocycles. The summed E-state index contributed by atoms with van der Waals surface area (Å²) in [7, 11) is 7.78.